The number of hydrogen-bond acceptors (Lipinski definition) is 2. The van der Waals surface area contributed by atoms with Crippen LogP contribution in [-0.4, -0.2) is 35.3 Å². The van der Waals surface area contributed by atoms with E-state index in [1.165, 1.54) is 29.0 Å². The van der Waals surface area contributed by atoms with Crippen molar-refractivity contribution in [1.82, 2.24) is 9.88 Å². The van der Waals surface area contributed by atoms with Crippen LogP contribution in [0.3, 0.4) is 0 Å². The maximum atomic E-state index is 13.1. The summed E-state index contributed by atoms with van der Waals surface area (Å²) in [6, 6.07) is 11.7. The molecule has 0 fully saturated rings. The number of rotatable bonds is 4. The standard InChI is InChI=1S/C24H27N3O2/c1-15-8-6-13-20(16(15)2)25-22(28)14-27(3)24(29)19-11-7-10-18-17-9-4-5-12-21(17)26-23(18)19/h6-8,10-11,13,26H,4-5,9,12,14H2,1-3H3,(H,25,28). The molecule has 5 heteroatoms. The van der Waals surface area contributed by atoms with Crippen LogP contribution >= 0.6 is 0 Å². The number of para-hydroxylation sites is 1. The molecule has 0 saturated carbocycles. The van der Waals surface area contributed by atoms with Crippen molar-refractivity contribution in [2.24, 2.45) is 0 Å². The molecule has 1 aliphatic carbocycles. The first kappa shape index (κ1) is 19.2. The van der Waals surface area contributed by atoms with Gasteiger partial charge >= 0.3 is 0 Å². The number of aromatic nitrogens is 1. The zero-order valence-electron chi connectivity index (χ0n) is 17.3. The third kappa shape index (κ3) is 3.65. The SMILES string of the molecule is Cc1cccc(NC(=O)CN(C)C(=O)c2cccc3c4c([nH]c23)CCCC4)c1C. The minimum Gasteiger partial charge on any atom is -0.358 e. The number of likely N-dealkylation sites (N-methyl/N-ethyl adjacent to an activating group) is 1. The van der Waals surface area contributed by atoms with Gasteiger partial charge in [-0.1, -0.05) is 24.3 Å². The molecule has 2 amide bonds. The van der Waals surface area contributed by atoms with Gasteiger partial charge in [-0.3, -0.25) is 9.59 Å². The van der Waals surface area contributed by atoms with Gasteiger partial charge in [0.15, 0.2) is 0 Å². The van der Waals surface area contributed by atoms with E-state index in [4.69, 9.17) is 0 Å². The van der Waals surface area contributed by atoms with Crippen molar-refractivity contribution in [3.05, 3.63) is 64.3 Å². The van der Waals surface area contributed by atoms with E-state index >= 15 is 0 Å². The van der Waals surface area contributed by atoms with Crippen LogP contribution in [0, 0.1) is 13.8 Å². The maximum absolute atomic E-state index is 13.1. The minimum absolute atomic E-state index is 0.00300. The average molecular weight is 389 g/mol. The van der Waals surface area contributed by atoms with Gasteiger partial charge < -0.3 is 15.2 Å². The van der Waals surface area contributed by atoms with Crippen LogP contribution in [0.2, 0.25) is 0 Å². The Bertz CT molecular complexity index is 1100. The molecular weight excluding hydrogens is 362 g/mol. The predicted molar refractivity (Wildman–Crippen MR) is 116 cm³/mol. The van der Waals surface area contributed by atoms with Gasteiger partial charge in [-0.2, -0.15) is 0 Å². The fourth-order valence-corrected chi connectivity index (χ4v) is 4.18. The lowest BCUT2D eigenvalue weighted by molar-refractivity contribution is -0.116. The average Bonchev–Trinajstić information content (AvgIpc) is 3.09. The van der Waals surface area contributed by atoms with E-state index in [-0.39, 0.29) is 18.4 Å². The van der Waals surface area contributed by atoms with Crippen LogP contribution in [0.5, 0.6) is 0 Å². The summed E-state index contributed by atoms with van der Waals surface area (Å²) >= 11 is 0. The van der Waals surface area contributed by atoms with Gasteiger partial charge in [-0.15, -0.1) is 0 Å². The van der Waals surface area contributed by atoms with Gasteiger partial charge in [-0.25, -0.2) is 0 Å². The molecule has 2 aromatic carbocycles. The summed E-state index contributed by atoms with van der Waals surface area (Å²) in [5.74, 6) is -0.349. The summed E-state index contributed by atoms with van der Waals surface area (Å²) in [6.07, 6.45) is 4.46. The van der Waals surface area contributed by atoms with Gasteiger partial charge in [0.05, 0.1) is 17.6 Å². The number of carbonyl (C=O) groups excluding carboxylic acids is 2. The van der Waals surface area contributed by atoms with Gasteiger partial charge in [0.1, 0.15) is 0 Å². The summed E-state index contributed by atoms with van der Waals surface area (Å²) in [5.41, 5.74) is 7.06. The number of amides is 2. The molecule has 0 unspecified atom stereocenters. The van der Waals surface area contributed by atoms with Crippen LogP contribution in [-0.2, 0) is 17.6 Å². The van der Waals surface area contributed by atoms with Crippen molar-refractivity contribution < 1.29 is 9.59 Å². The van der Waals surface area contributed by atoms with Crippen molar-refractivity contribution in [2.75, 3.05) is 18.9 Å². The van der Waals surface area contributed by atoms with Crippen LogP contribution in [0.15, 0.2) is 36.4 Å². The highest BCUT2D eigenvalue weighted by Crippen LogP contribution is 2.31. The fourth-order valence-electron chi connectivity index (χ4n) is 4.18. The highest BCUT2D eigenvalue weighted by Gasteiger charge is 2.22. The van der Waals surface area contributed by atoms with Gasteiger partial charge in [0, 0.05) is 23.8 Å². The maximum Gasteiger partial charge on any atom is 0.256 e. The normalized spacial score (nSPS) is 13.2. The molecular formula is C24H27N3O2. The lowest BCUT2D eigenvalue weighted by atomic mass is 9.95. The first-order valence-electron chi connectivity index (χ1n) is 10.2. The molecule has 0 saturated heterocycles. The molecule has 0 aliphatic heterocycles. The highest BCUT2D eigenvalue weighted by atomic mass is 16.2. The third-order valence-electron chi connectivity index (χ3n) is 5.97. The van der Waals surface area contributed by atoms with Crippen LogP contribution in [0.1, 0.15) is 45.6 Å². The summed E-state index contributed by atoms with van der Waals surface area (Å²) in [4.78, 5) is 30.6. The molecule has 29 heavy (non-hydrogen) atoms. The largest absolute Gasteiger partial charge is 0.358 e. The Kier molecular flexibility index (Phi) is 5.14. The van der Waals surface area contributed by atoms with E-state index in [0.29, 0.717) is 5.56 Å². The topological polar surface area (TPSA) is 65.2 Å². The van der Waals surface area contributed by atoms with E-state index in [1.807, 2.05) is 44.2 Å². The van der Waals surface area contributed by atoms with Crippen molar-refractivity contribution in [3.63, 3.8) is 0 Å². The molecule has 0 spiro atoms. The van der Waals surface area contributed by atoms with Crippen molar-refractivity contribution in [2.45, 2.75) is 39.5 Å². The number of fused-ring (bicyclic) bond motifs is 3. The number of anilines is 1. The lowest BCUT2D eigenvalue weighted by Gasteiger charge is -2.18. The van der Waals surface area contributed by atoms with Gasteiger partial charge in [0.2, 0.25) is 5.91 Å². The smallest absolute Gasteiger partial charge is 0.256 e. The monoisotopic (exact) mass is 389 g/mol. The van der Waals surface area contributed by atoms with Gasteiger partial charge in [0.25, 0.3) is 5.91 Å². The summed E-state index contributed by atoms with van der Waals surface area (Å²) < 4.78 is 0. The summed E-state index contributed by atoms with van der Waals surface area (Å²) in [5, 5.41) is 4.06. The molecule has 1 aromatic heterocycles. The molecule has 0 atom stereocenters. The zero-order chi connectivity index (χ0) is 20.5. The zero-order valence-corrected chi connectivity index (χ0v) is 17.3. The molecule has 5 nitrogen and oxygen atoms in total. The molecule has 150 valence electrons. The van der Waals surface area contributed by atoms with E-state index in [2.05, 4.69) is 16.4 Å². The molecule has 1 aliphatic rings. The van der Waals surface area contributed by atoms with Crippen molar-refractivity contribution in [1.29, 1.82) is 0 Å². The Balaban J connectivity index is 1.53. The number of aryl methyl sites for hydroxylation is 3. The van der Waals surface area contributed by atoms with Crippen LogP contribution < -0.4 is 5.32 Å². The van der Waals surface area contributed by atoms with Crippen LogP contribution in [0.4, 0.5) is 5.69 Å². The molecule has 3 aromatic rings. The second kappa shape index (κ2) is 7.74. The Morgan fingerprint density at radius 3 is 2.66 bits per heavy atom. The van der Waals surface area contributed by atoms with Gasteiger partial charge in [-0.05, 0) is 68.4 Å². The number of hydrogen-bond donors (Lipinski definition) is 2. The minimum atomic E-state index is -0.201. The number of carbonyl (C=O) groups is 2. The van der Waals surface area contributed by atoms with E-state index in [0.717, 1.165) is 40.6 Å². The number of nitrogens with one attached hydrogen (secondary N) is 2. The Hall–Kier alpha value is -3.08. The van der Waals surface area contributed by atoms with Crippen molar-refractivity contribution in [3.8, 4) is 0 Å². The van der Waals surface area contributed by atoms with E-state index < -0.39 is 0 Å². The Morgan fingerprint density at radius 1 is 1.07 bits per heavy atom. The molecule has 4 rings (SSSR count). The number of nitrogens with zero attached hydrogens (tertiary/aromatic N) is 1. The number of aromatic amines is 1. The number of H-pyrrole nitrogens is 1. The van der Waals surface area contributed by atoms with E-state index in [9.17, 15) is 9.59 Å². The molecule has 0 bridgehead atoms. The molecule has 2 N–H and O–H groups in total. The molecule has 0 radical (unpaired) electrons. The number of benzene rings is 2. The molecule has 1 heterocycles. The van der Waals surface area contributed by atoms with Crippen LogP contribution in [0.25, 0.3) is 10.9 Å². The quantitative estimate of drug-likeness (QED) is 0.696. The Labute approximate surface area is 171 Å². The summed E-state index contributed by atoms with van der Waals surface area (Å²) in [6.45, 7) is 3.99. The fraction of sp³-hybridized carbons (Fsp3) is 0.333. The van der Waals surface area contributed by atoms with E-state index in [1.54, 1.807) is 7.05 Å². The lowest BCUT2D eigenvalue weighted by Crippen LogP contribution is -2.35. The second-order valence-corrected chi connectivity index (χ2v) is 7.97. The highest BCUT2D eigenvalue weighted by molar-refractivity contribution is 6.08. The third-order valence-corrected chi connectivity index (χ3v) is 5.97. The predicted octanol–water partition coefficient (Wildman–Crippen LogP) is 4.37. The Morgan fingerprint density at radius 2 is 1.83 bits per heavy atom. The second-order valence-electron chi connectivity index (χ2n) is 7.97. The van der Waals surface area contributed by atoms with Crippen molar-refractivity contribution >= 4 is 28.4 Å². The first-order chi connectivity index (χ1) is 14.0. The summed E-state index contributed by atoms with van der Waals surface area (Å²) in [7, 11) is 1.67. The first-order valence-corrected chi connectivity index (χ1v) is 10.2.